The van der Waals surface area contributed by atoms with Gasteiger partial charge in [-0.1, -0.05) is 65.2 Å². The summed E-state index contributed by atoms with van der Waals surface area (Å²) in [5.74, 6) is 0. The number of unbranched alkanes of at least 4 members (excludes halogenated alkanes) is 6. The van der Waals surface area contributed by atoms with Crippen LogP contribution in [0.25, 0.3) is 0 Å². The lowest BCUT2D eigenvalue weighted by atomic mass is 9.84. The summed E-state index contributed by atoms with van der Waals surface area (Å²) in [5.41, 5.74) is -0.429. The Morgan fingerprint density at radius 1 is 1.00 bits per heavy atom. The largest absolute Gasteiger partial charge is 0.390 e. The minimum Gasteiger partial charge on any atom is -0.390 e. The molecule has 0 aromatic heterocycles. The lowest BCUT2D eigenvalue weighted by molar-refractivity contribution is -0.109. The molecule has 1 saturated heterocycles. The molecule has 114 valence electrons. The number of hydrogen-bond acceptors (Lipinski definition) is 2. The highest BCUT2D eigenvalue weighted by Gasteiger charge is 2.33. The first kappa shape index (κ1) is 17.0. The zero-order valence-electron chi connectivity index (χ0n) is 13.1. The first-order valence-corrected chi connectivity index (χ1v) is 8.54. The van der Waals surface area contributed by atoms with Crippen LogP contribution in [0.5, 0.6) is 0 Å². The summed E-state index contributed by atoms with van der Waals surface area (Å²) in [4.78, 5) is 0. The van der Waals surface area contributed by atoms with Gasteiger partial charge in [0.1, 0.15) is 0 Å². The number of ether oxygens (including phenoxy) is 1. The molecule has 2 heteroatoms. The van der Waals surface area contributed by atoms with Crippen molar-refractivity contribution in [3.05, 3.63) is 0 Å². The molecule has 1 aliphatic rings. The Kier molecular flexibility index (Phi) is 8.72. The van der Waals surface area contributed by atoms with E-state index in [9.17, 15) is 5.11 Å². The van der Waals surface area contributed by atoms with E-state index in [1.54, 1.807) is 0 Å². The highest BCUT2D eigenvalue weighted by Crippen LogP contribution is 2.31. The van der Waals surface area contributed by atoms with Gasteiger partial charge in [0.15, 0.2) is 0 Å². The van der Waals surface area contributed by atoms with Gasteiger partial charge < -0.3 is 9.84 Å². The fourth-order valence-corrected chi connectivity index (χ4v) is 3.15. The Balaban J connectivity index is 2.09. The van der Waals surface area contributed by atoms with E-state index in [1.807, 2.05) is 0 Å². The molecule has 1 heterocycles. The topological polar surface area (TPSA) is 29.5 Å². The number of aliphatic hydroxyl groups is 1. The van der Waals surface area contributed by atoms with Crippen molar-refractivity contribution in [1.29, 1.82) is 0 Å². The van der Waals surface area contributed by atoms with Crippen LogP contribution < -0.4 is 0 Å². The predicted molar refractivity (Wildman–Crippen MR) is 81.4 cm³/mol. The Labute approximate surface area is 119 Å². The number of rotatable bonds is 10. The third kappa shape index (κ3) is 7.31. The molecule has 19 heavy (non-hydrogen) atoms. The summed E-state index contributed by atoms with van der Waals surface area (Å²) in [7, 11) is 0. The van der Waals surface area contributed by atoms with Gasteiger partial charge in [-0.15, -0.1) is 0 Å². The summed E-state index contributed by atoms with van der Waals surface area (Å²) >= 11 is 0. The van der Waals surface area contributed by atoms with Crippen LogP contribution in [-0.2, 0) is 4.74 Å². The van der Waals surface area contributed by atoms with Crippen molar-refractivity contribution in [2.24, 2.45) is 0 Å². The van der Waals surface area contributed by atoms with Gasteiger partial charge in [-0.3, -0.25) is 0 Å². The van der Waals surface area contributed by atoms with E-state index in [4.69, 9.17) is 4.74 Å². The van der Waals surface area contributed by atoms with E-state index in [2.05, 4.69) is 13.8 Å². The molecule has 0 spiro atoms. The van der Waals surface area contributed by atoms with Crippen molar-refractivity contribution in [3.8, 4) is 0 Å². The maximum absolute atomic E-state index is 10.6. The molecule has 1 fully saturated rings. The predicted octanol–water partition coefficient (Wildman–Crippen LogP) is 4.84. The summed E-state index contributed by atoms with van der Waals surface area (Å²) in [5, 5.41) is 10.6. The first-order chi connectivity index (χ1) is 9.20. The fourth-order valence-electron chi connectivity index (χ4n) is 3.15. The second-order valence-corrected chi connectivity index (χ2v) is 6.33. The van der Waals surface area contributed by atoms with Crippen LogP contribution in [-0.4, -0.2) is 23.4 Å². The molecule has 1 N–H and O–H groups in total. The van der Waals surface area contributed by atoms with Crippen molar-refractivity contribution in [3.63, 3.8) is 0 Å². The van der Waals surface area contributed by atoms with Crippen molar-refractivity contribution in [2.75, 3.05) is 6.61 Å². The molecule has 2 nitrogen and oxygen atoms in total. The molecule has 2 atom stereocenters. The molecule has 0 bridgehead atoms. The second-order valence-electron chi connectivity index (χ2n) is 6.33. The highest BCUT2D eigenvalue weighted by molar-refractivity contribution is 4.85. The van der Waals surface area contributed by atoms with E-state index in [1.165, 1.54) is 44.9 Å². The molecule has 2 unspecified atom stereocenters. The standard InChI is InChI=1S/C17H34O2/c1-3-5-6-7-8-9-10-12-17(18)13-14-19-16(15-17)11-4-2/h16,18H,3-15H2,1-2H3. The zero-order valence-corrected chi connectivity index (χ0v) is 13.1. The van der Waals surface area contributed by atoms with Crippen LogP contribution >= 0.6 is 0 Å². The summed E-state index contributed by atoms with van der Waals surface area (Å²) in [6, 6.07) is 0. The smallest absolute Gasteiger partial charge is 0.0694 e. The Bertz CT molecular complexity index is 215. The highest BCUT2D eigenvalue weighted by atomic mass is 16.5. The van der Waals surface area contributed by atoms with Gasteiger partial charge >= 0.3 is 0 Å². The molecule has 1 rings (SSSR count). The van der Waals surface area contributed by atoms with E-state index in [0.717, 1.165) is 38.7 Å². The van der Waals surface area contributed by atoms with Gasteiger partial charge in [0.2, 0.25) is 0 Å². The summed E-state index contributed by atoms with van der Waals surface area (Å²) in [6.45, 7) is 5.19. The van der Waals surface area contributed by atoms with Crippen molar-refractivity contribution in [1.82, 2.24) is 0 Å². The maximum atomic E-state index is 10.6. The lowest BCUT2D eigenvalue weighted by Gasteiger charge is -2.37. The zero-order chi connectivity index (χ0) is 14.0. The van der Waals surface area contributed by atoms with Crippen LogP contribution in [0.2, 0.25) is 0 Å². The van der Waals surface area contributed by atoms with Gasteiger partial charge in [0.05, 0.1) is 11.7 Å². The number of hydrogen-bond donors (Lipinski definition) is 1. The SMILES string of the molecule is CCCCCCCCCC1(O)CCOC(CCC)C1. The average molecular weight is 270 g/mol. The maximum Gasteiger partial charge on any atom is 0.0694 e. The van der Waals surface area contributed by atoms with Crippen LogP contribution in [0, 0.1) is 0 Å². The van der Waals surface area contributed by atoms with Crippen LogP contribution in [0.15, 0.2) is 0 Å². The molecule has 0 aliphatic carbocycles. The van der Waals surface area contributed by atoms with E-state index < -0.39 is 5.60 Å². The monoisotopic (exact) mass is 270 g/mol. The van der Waals surface area contributed by atoms with Crippen LogP contribution in [0.4, 0.5) is 0 Å². The van der Waals surface area contributed by atoms with Crippen molar-refractivity contribution < 1.29 is 9.84 Å². The van der Waals surface area contributed by atoms with Crippen LogP contribution in [0.1, 0.15) is 90.9 Å². The third-order valence-corrected chi connectivity index (χ3v) is 4.38. The molecule has 0 aromatic rings. The van der Waals surface area contributed by atoms with E-state index in [0.29, 0.717) is 6.10 Å². The van der Waals surface area contributed by atoms with Crippen LogP contribution in [0.3, 0.4) is 0 Å². The molecular weight excluding hydrogens is 236 g/mol. The molecular formula is C17H34O2. The quantitative estimate of drug-likeness (QED) is 0.576. The second kappa shape index (κ2) is 9.77. The lowest BCUT2D eigenvalue weighted by Crippen LogP contribution is -2.40. The van der Waals surface area contributed by atoms with Crippen molar-refractivity contribution in [2.45, 2.75) is 103 Å². The minimum atomic E-state index is -0.429. The molecule has 1 aliphatic heterocycles. The molecule has 0 radical (unpaired) electrons. The summed E-state index contributed by atoms with van der Waals surface area (Å²) in [6.07, 6.45) is 14.5. The fraction of sp³-hybridized carbons (Fsp3) is 1.00. The minimum absolute atomic E-state index is 0.299. The molecule has 0 amide bonds. The molecule has 0 aromatic carbocycles. The van der Waals surface area contributed by atoms with Gasteiger partial charge in [0, 0.05) is 13.0 Å². The van der Waals surface area contributed by atoms with Gasteiger partial charge in [-0.25, -0.2) is 0 Å². The average Bonchev–Trinajstić information content (AvgIpc) is 2.38. The van der Waals surface area contributed by atoms with Crippen molar-refractivity contribution >= 4 is 0 Å². The van der Waals surface area contributed by atoms with Gasteiger partial charge in [0.25, 0.3) is 0 Å². The Hall–Kier alpha value is -0.0800. The summed E-state index contributed by atoms with van der Waals surface area (Å²) < 4.78 is 5.73. The first-order valence-electron chi connectivity index (χ1n) is 8.54. The normalized spacial score (nSPS) is 27.6. The van der Waals surface area contributed by atoms with Gasteiger partial charge in [-0.2, -0.15) is 0 Å². The Morgan fingerprint density at radius 2 is 1.68 bits per heavy atom. The van der Waals surface area contributed by atoms with Gasteiger partial charge in [-0.05, 0) is 19.3 Å². The van der Waals surface area contributed by atoms with E-state index >= 15 is 0 Å². The Morgan fingerprint density at radius 3 is 2.37 bits per heavy atom. The molecule has 0 saturated carbocycles. The van der Waals surface area contributed by atoms with E-state index in [-0.39, 0.29) is 0 Å². The third-order valence-electron chi connectivity index (χ3n) is 4.38.